The van der Waals surface area contributed by atoms with Gasteiger partial charge in [0.25, 0.3) is 5.91 Å². The van der Waals surface area contributed by atoms with E-state index in [1.807, 2.05) is 0 Å². The number of carbonyl (C=O) groups is 1. The molecule has 17 heavy (non-hydrogen) atoms. The molecule has 0 unspecified atom stereocenters. The summed E-state index contributed by atoms with van der Waals surface area (Å²) in [6, 6.07) is 4.28. The average Bonchev–Trinajstić information content (AvgIpc) is 2.80. The maximum Gasteiger partial charge on any atom is 0.251 e. The van der Waals surface area contributed by atoms with Crippen LogP contribution >= 0.6 is 11.3 Å². The first kappa shape index (κ1) is 11.5. The molecular formula is C11H9FN2O2S. The van der Waals surface area contributed by atoms with Gasteiger partial charge in [-0.2, -0.15) is 0 Å². The average molecular weight is 252 g/mol. The van der Waals surface area contributed by atoms with E-state index in [2.05, 4.69) is 4.98 Å². The van der Waals surface area contributed by atoms with E-state index in [0.29, 0.717) is 0 Å². The molecule has 0 spiro atoms. The lowest BCUT2D eigenvalue weighted by molar-refractivity contribution is 0.0995. The number of hydrogen-bond acceptors (Lipinski definition) is 4. The van der Waals surface area contributed by atoms with Crippen LogP contribution in [0, 0.1) is 5.82 Å². The Bertz CT molecular complexity index is 528. The first-order valence-electron chi connectivity index (χ1n) is 4.77. The van der Waals surface area contributed by atoms with Crippen molar-refractivity contribution < 1.29 is 13.9 Å². The van der Waals surface area contributed by atoms with E-state index in [9.17, 15) is 9.18 Å². The van der Waals surface area contributed by atoms with E-state index in [1.54, 1.807) is 11.7 Å². The van der Waals surface area contributed by atoms with Crippen molar-refractivity contribution >= 4 is 17.2 Å². The number of thiazole rings is 1. The number of ether oxygens (including phenoxy) is 1. The van der Waals surface area contributed by atoms with Crippen molar-refractivity contribution in [2.24, 2.45) is 5.73 Å². The minimum absolute atomic E-state index is 0.00898. The van der Waals surface area contributed by atoms with Gasteiger partial charge in [-0.15, -0.1) is 11.3 Å². The third kappa shape index (κ3) is 2.59. The molecule has 2 rings (SSSR count). The fourth-order valence-corrected chi connectivity index (χ4v) is 1.78. The van der Waals surface area contributed by atoms with Crippen molar-refractivity contribution in [2.45, 2.75) is 6.61 Å². The molecule has 0 saturated carbocycles. The lowest BCUT2D eigenvalue weighted by Crippen LogP contribution is -2.13. The van der Waals surface area contributed by atoms with Crippen molar-refractivity contribution in [1.29, 1.82) is 0 Å². The van der Waals surface area contributed by atoms with Crippen molar-refractivity contribution in [3.63, 3.8) is 0 Å². The standard InChI is InChI=1S/C11H9FN2O2S/c12-10-8(11(13)15)2-1-3-9(10)16-5-7-4-14-6-17-7/h1-4,6H,5H2,(H2,13,15). The molecule has 0 fully saturated rings. The molecular weight excluding hydrogens is 243 g/mol. The molecule has 0 radical (unpaired) electrons. The summed E-state index contributed by atoms with van der Waals surface area (Å²) < 4.78 is 19.0. The van der Waals surface area contributed by atoms with Crippen LogP contribution in [-0.4, -0.2) is 10.9 Å². The van der Waals surface area contributed by atoms with E-state index in [-0.39, 0.29) is 17.9 Å². The van der Waals surface area contributed by atoms with Crippen LogP contribution in [-0.2, 0) is 6.61 Å². The number of halogens is 1. The first-order chi connectivity index (χ1) is 8.18. The van der Waals surface area contributed by atoms with Crippen molar-refractivity contribution in [2.75, 3.05) is 0 Å². The Kier molecular flexibility index (Phi) is 3.34. The molecule has 0 aliphatic rings. The zero-order chi connectivity index (χ0) is 12.3. The van der Waals surface area contributed by atoms with Gasteiger partial charge < -0.3 is 10.5 Å². The second kappa shape index (κ2) is 4.92. The number of primary amides is 1. The Morgan fingerprint density at radius 3 is 3.00 bits per heavy atom. The van der Waals surface area contributed by atoms with E-state index in [4.69, 9.17) is 10.5 Å². The van der Waals surface area contributed by atoms with Crippen LogP contribution in [0.15, 0.2) is 29.9 Å². The summed E-state index contributed by atoms with van der Waals surface area (Å²) in [5, 5.41) is 0. The lowest BCUT2D eigenvalue weighted by Gasteiger charge is -2.07. The van der Waals surface area contributed by atoms with Gasteiger partial charge in [0, 0.05) is 6.20 Å². The van der Waals surface area contributed by atoms with Gasteiger partial charge in [-0.25, -0.2) is 4.39 Å². The van der Waals surface area contributed by atoms with Gasteiger partial charge >= 0.3 is 0 Å². The Labute approximate surface area is 101 Å². The first-order valence-corrected chi connectivity index (χ1v) is 5.65. The quantitative estimate of drug-likeness (QED) is 0.904. The summed E-state index contributed by atoms with van der Waals surface area (Å²) in [7, 11) is 0. The number of benzene rings is 1. The van der Waals surface area contributed by atoms with E-state index >= 15 is 0 Å². The summed E-state index contributed by atoms with van der Waals surface area (Å²) >= 11 is 1.41. The second-order valence-electron chi connectivity index (χ2n) is 3.24. The van der Waals surface area contributed by atoms with Crippen LogP contribution in [0.4, 0.5) is 4.39 Å². The highest BCUT2D eigenvalue weighted by Crippen LogP contribution is 2.21. The second-order valence-corrected chi connectivity index (χ2v) is 4.21. The SMILES string of the molecule is NC(=O)c1cccc(OCc2cncs2)c1F. The number of hydrogen-bond donors (Lipinski definition) is 1. The minimum atomic E-state index is -0.814. The van der Waals surface area contributed by atoms with Crippen molar-refractivity contribution in [3.8, 4) is 5.75 Å². The highest BCUT2D eigenvalue weighted by atomic mass is 32.1. The van der Waals surface area contributed by atoms with Crippen LogP contribution in [0.25, 0.3) is 0 Å². The monoisotopic (exact) mass is 252 g/mol. The Balaban J connectivity index is 2.16. The third-order valence-corrected chi connectivity index (χ3v) is 2.84. The molecule has 2 N–H and O–H groups in total. The Morgan fingerprint density at radius 1 is 1.53 bits per heavy atom. The molecule has 0 aliphatic carbocycles. The molecule has 0 saturated heterocycles. The molecule has 1 heterocycles. The number of amides is 1. The fraction of sp³-hybridized carbons (Fsp3) is 0.0909. The topological polar surface area (TPSA) is 65.2 Å². The van der Waals surface area contributed by atoms with Crippen LogP contribution in [0.3, 0.4) is 0 Å². The number of aromatic nitrogens is 1. The maximum atomic E-state index is 13.7. The van der Waals surface area contributed by atoms with Crippen LogP contribution in [0.5, 0.6) is 5.75 Å². The van der Waals surface area contributed by atoms with Gasteiger partial charge in [0.1, 0.15) is 6.61 Å². The third-order valence-electron chi connectivity index (χ3n) is 2.08. The molecule has 1 aromatic heterocycles. The number of rotatable bonds is 4. The highest BCUT2D eigenvalue weighted by molar-refractivity contribution is 7.09. The summed E-state index contributed by atoms with van der Waals surface area (Å²) in [6.45, 7) is 0.212. The van der Waals surface area contributed by atoms with Gasteiger partial charge in [0.2, 0.25) is 0 Å². The van der Waals surface area contributed by atoms with E-state index in [1.165, 1.54) is 29.5 Å². The Morgan fingerprint density at radius 2 is 2.35 bits per heavy atom. The summed E-state index contributed by atoms with van der Waals surface area (Å²) in [4.78, 5) is 15.7. The van der Waals surface area contributed by atoms with Crippen LogP contribution in [0.1, 0.15) is 15.2 Å². The molecule has 1 amide bonds. The predicted octanol–water partition coefficient (Wildman–Crippen LogP) is 1.96. The smallest absolute Gasteiger partial charge is 0.251 e. The number of nitrogens with two attached hydrogens (primary N) is 1. The highest BCUT2D eigenvalue weighted by Gasteiger charge is 2.13. The molecule has 6 heteroatoms. The van der Waals surface area contributed by atoms with Gasteiger partial charge in [-0.05, 0) is 12.1 Å². The van der Waals surface area contributed by atoms with Gasteiger partial charge in [0.15, 0.2) is 11.6 Å². The molecule has 4 nitrogen and oxygen atoms in total. The summed E-state index contributed by atoms with van der Waals surface area (Å²) in [6.07, 6.45) is 1.64. The van der Waals surface area contributed by atoms with Crippen molar-refractivity contribution in [1.82, 2.24) is 4.98 Å². The Hall–Kier alpha value is -1.95. The van der Waals surface area contributed by atoms with Crippen LogP contribution in [0.2, 0.25) is 0 Å². The van der Waals surface area contributed by atoms with Crippen LogP contribution < -0.4 is 10.5 Å². The van der Waals surface area contributed by atoms with Crippen molar-refractivity contribution in [3.05, 3.63) is 46.2 Å². The lowest BCUT2D eigenvalue weighted by atomic mass is 10.2. The van der Waals surface area contributed by atoms with E-state index in [0.717, 1.165) is 4.88 Å². The zero-order valence-electron chi connectivity index (χ0n) is 8.72. The van der Waals surface area contributed by atoms with Gasteiger partial charge in [0.05, 0.1) is 16.0 Å². The molecule has 1 aromatic carbocycles. The molecule has 0 aliphatic heterocycles. The fourth-order valence-electron chi connectivity index (χ4n) is 1.27. The minimum Gasteiger partial charge on any atom is -0.485 e. The normalized spacial score (nSPS) is 10.2. The number of nitrogens with zero attached hydrogens (tertiary/aromatic N) is 1. The van der Waals surface area contributed by atoms with E-state index < -0.39 is 11.7 Å². The molecule has 0 bridgehead atoms. The molecule has 88 valence electrons. The summed E-state index contributed by atoms with van der Waals surface area (Å²) in [5.74, 6) is -1.54. The predicted molar refractivity (Wildman–Crippen MR) is 61.4 cm³/mol. The maximum absolute atomic E-state index is 13.7. The zero-order valence-corrected chi connectivity index (χ0v) is 9.54. The van der Waals surface area contributed by atoms with Gasteiger partial charge in [-0.1, -0.05) is 6.07 Å². The van der Waals surface area contributed by atoms with Gasteiger partial charge in [-0.3, -0.25) is 9.78 Å². The number of carbonyl (C=O) groups excluding carboxylic acids is 1. The largest absolute Gasteiger partial charge is 0.485 e. The molecule has 0 atom stereocenters. The molecule has 2 aromatic rings. The summed E-state index contributed by atoms with van der Waals surface area (Å²) in [5.41, 5.74) is 6.52.